The van der Waals surface area contributed by atoms with Crippen molar-refractivity contribution in [3.63, 3.8) is 0 Å². The number of ether oxygens (including phenoxy) is 3. The van der Waals surface area contributed by atoms with E-state index in [1.54, 1.807) is 13.0 Å². The Morgan fingerprint density at radius 2 is 2.00 bits per heavy atom. The van der Waals surface area contributed by atoms with Crippen LogP contribution in [0.4, 0.5) is 0 Å². The third-order valence-corrected chi connectivity index (χ3v) is 4.40. The van der Waals surface area contributed by atoms with Gasteiger partial charge in [-0.05, 0) is 30.7 Å². The molecule has 28 heavy (non-hydrogen) atoms. The van der Waals surface area contributed by atoms with Gasteiger partial charge >= 0.3 is 11.9 Å². The predicted molar refractivity (Wildman–Crippen MR) is 96.4 cm³/mol. The summed E-state index contributed by atoms with van der Waals surface area (Å²) in [4.78, 5) is 24.0. The third kappa shape index (κ3) is 5.00. The van der Waals surface area contributed by atoms with Gasteiger partial charge < -0.3 is 34.6 Å². The Labute approximate surface area is 161 Å². The molecule has 1 aliphatic rings. The molecule has 1 aliphatic carbocycles. The van der Waals surface area contributed by atoms with Crippen molar-refractivity contribution in [3.8, 4) is 11.5 Å². The second-order valence-corrected chi connectivity index (χ2v) is 6.46. The van der Waals surface area contributed by atoms with Gasteiger partial charge in [-0.2, -0.15) is 0 Å². The van der Waals surface area contributed by atoms with Crippen LogP contribution in [0.25, 0.3) is 6.08 Å². The van der Waals surface area contributed by atoms with Crippen molar-refractivity contribution in [1.82, 2.24) is 0 Å². The summed E-state index contributed by atoms with van der Waals surface area (Å²) in [6, 6.07) is 4.43. The van der Waals surface area contributed by atoms with Crippen LogP contribution in [0.3, 0.4) is 0 Å². The zero-order chi connectivity index (χ0) is 20.9. The van der Waals surface area contributed by atoms with Gasteiger partial charge in [0.05, 0.1) is 19.8 Å². The van der Waals surface area contributed by atoms with E-state index in [0.29, 0.717) is 5.56 Å². The van der Waals surface area contributed by atoms with Crippen molar-refractivity contribution >= 4 is 18.0 Å². The highest BCUT2D eigenvalue weighted by molar-refractivity contribution is 5.87. The van der Waals surface area contributed by atoms with Crippen molar-refractivity contribution in [3.05, 3.63) is 29.8 Å². The standard InChI is InChI=1S/C19H24O9/c1-3-27-18(24)19(25)9-13(21)17(23)15(10-19)28-16(22)7-5-11-4-6-12(20)14(8-11)26-2/h4-8,13,15,17,20-21,23,25H,3,9-10H2,1-2H3/b7-5+/t13-,15-,17+,19-/m1/s1. The monoisotopic (exact) mass is 396 g/mol. The van der Waals surface area contributed by atoms with Crippen molar-refractivity contribution in [2.45, 2.75) is 43.7 Å². The Morgan fingerprint density at radius 3 is 2.64 bits per heavy atom. The van der Waals surface area contributed by atoms with Crippen molar-refractivity contribution in [1.29, 1.82) is 0 Å². The van der Waals surface area contributed by atoms with Crippen LogP contribution in [0.2, 0.25) is 0 Å². The minimum absolute atomic E-state index is 0.0308. The van der Waals surface area contributed by atoms with E-state index in [9.17, 15) is 30.0 Å². The molecule has 1 aromatic carbocycles. The maximum absolute atomic E-state index is 12.1. The van der Waals surface area contributed by atoms with E-state index >= 15 is 0 Å². The second kappa shape index (κ2) is 9.05. The number of rotatable bonds is 6. The number of methoxy groups -OCH3 is 1. The first-order valence-corrected chi connectivity index (χ1v) is 8.71. The normalized spacial score (nSPS) is 27.4. The van der Waals surface area contributed by atoms with Crippen LogP contribution in [0.15, 0.2) is 24.3 Å². The van der Waals surface area contributed by atoms with Crippen molar-refractivity contribution < 1.29 is 44.2 Å². The Hall–Kier alpha value is -2.62. The third-order valence-electron chi connectivity index (χ3n) is 4.40. The van der Waals surface area contributed by atoms with Gasteiger partial charge in [-0.1, -0.05) is 6.07 Å². The van der Waals surface area contributed by atoms with Gasteiger partial charge in [0.25, 0.3) is 0 Å². The number of aliphatic hydroxyl groups is 3. The van der Waals surface area contributed by atoms with Gasteiger partial charge in [0, 0.05) is 18.9 Å². The summed E-state index contributed by atoms with van der Waals surface area (Å²) in [5, 5.41) is 40.0. The molecule has 1 saturated carbocycles. The lowest BCUT2D eigenvalue weighted by atomic mass is 9.79. The van der Waals surface area contributed by atoms with E-state index in [1.165, 1.54) is 25.3 Å². The molecule has 154 valence electrons. The largest absolute Gasteiger partial charge is 0.504 e. The number of hydrogen-bond donors (Lipinski definition) is 4. The van der Waals surface area contributed by atoms with E-state index < -0.39 is 48.7 Å². The number of carbonyl (C=O) groups excluding carboxylic acids is 2. The Kier molecular flexibility index (Phi) is 7.00. The zero-order valence-electron chi connectivity index (χ0n) is 15.6. The Balaban J connectivity index is 2.07. The number of aliphatic hydroxyl groups excluding tert-OH is 2. The minimum atomic E-state index is -2.06. The summed E-state index contributed by atoms with van der Waals surface area (Å²) >= 11 is 0. The van der Waals surface area contributed by atoms with Gasteiger partial charge in [0.1, 0.15) is 12.2 Å². The van der Waals surface area contributed by atoms with Gasteiger partial charge in [-0.3, -0.25) is 0 Å². The molecule has 1 aromatic rings. The first kappa shape index (κ1) is 21.7. The maximum Gasteiger partial charge on any atom is 0.338 e. The zero-order valence-corrected chi connectivity index (χ0v) is 15.6. The molecular formula is C19H24O9. The van der Waals surface area contributed by atoms with Crippen molar-refractivity contribution in [2.75, 3.05) is 13.7 Å². The fourth-order valence-electron chi connectivity index (χ4n) is 2.95. The molecule has 0 aliphatic heterocycles. The number of aromatic hydroxyl groups is 1. The molecular weight excluding hydrogens is 372 g/mol. The summed E-state index contributed by atoms with van der Waals surface area (Å²) in [6.07, 6.45) is -2.59. The van der Waals surface area contributed by atoms with Crippen LogP contribution in [-0.2, 0) is 19.1 Å². The number of phenolic OH excluding ortho intramolecular Hbond substituents is 1. The van der Waals surface area contributed by atoms with Crippen LogP contribution in [0.1, 0.15) is 25.3 Å². The van der Waals surface area contributed by atoms with E-state index in [-0.39, 0.29) is 18.1 Å². The van der Waals surface area contributed by atoms with Gasteiger partial charge in [-0.15, -0.1) is 0 Å². The molecule has 0 heterocycles. The lowest BCUT2D eigenvalue weighted by molar-refractivity contribution is -0.199. The van der Waals surface area contributed by atoms with Gasteiger partial charge in [0.15, 0.2) is 17.1 Å². The molecule has 9 heteroatoms. The topological polar surface area (TPSA) is 143 Å². The van der Waals surface area contributed by atoms with Gasteiger partial charge in [-0.25, -0.2) is 9.59 Å². The average Bonchev–Trinajstić information content (AvgIpc) is 2.65. The smallest absolute Gasteiger partial charge is 0.338 e. The summed E-state index contributed by atoms with van der Waals surface area (Å²) in [6.45, 7) is 1.60. The van der Waals surface area contributed by atoms with E-state index in [1.807, 2.05) is 0 Å². The molecule has 0 bridgehead atoms. The number of benzene rings is 1. The summed E-state index contributed by atoms with van der Waals surface area (Å²) < 4.78 is 14.9. The average molecular weight is 396 g/mol. The lowest BCUT2D eigenvalue weighted by Crippen LogP contribution is -2.57. The Morgan fingerprint density at radius 1 is 1.29 bits per heavy atom. The number of hydrogen-bond acceptors (Lipinski definition) is 9. The van der Waals surface area contributed by atoms with Crippen LogP contribution >= 0.6 is 0 Å². The first-order valence-electron chi connectivity index (χ1n) is 8.71. The molecule has 9 nitrogen and oxygen atoms in total. The molecule has 0 aromatic heterocycles. The molecule has 0 saturated heterocycles. The Bertz CT molecular complexity index is 745. The van der Waals surface area contributed by atoms with Crippen LogP contribution in [0.5, 0.6) is 11.5 Å². The summed E-state index contributed by atoms with van der Waals surface area (Å²) in [5.74, 6) is -1.63. The van der Waals surface area contributed by atoms with Crippen molar-refractivity contribution in [2.24, 2.45) is 0 Å². The molecule has 4 atom stereocenters. The van der Waals surface area contributed by atoms with E-state index in [0.717, 1.165) is 6.08 Å². The fourth-order valence-corrected chi connectivity index (χ4v) is 2.95. The second-order valence-electron chi connectivity index (χ2n) is 6.46. The molecule has 0 amide bonds. The number of phenols is 1. The molecule has 0 spiro atoms. The molecule has 0 radical (unpaired) electrons. The highest BCUT2D eigenvalue weighted by Gasteiger charge is 2.51. The maximum atomic E-state index is 12.1. The molecule has 1 fully saturated rings. The number of carbonyl (C=O) groups is 2. The number of esters is 2. The van der Waals surface area contributed by atoms with Crippen LogP contribution in [-0.4, -0.2) is 70.0 Å². The first-order chi connectivity index (χ1) is 13.2. The van der Waals surface area contributed by atoms with E-state index in [4.69, 9.17) is 14.2 Å². The quantitative estimate of drug-likeness (QED) is 0.390. The SMILES string of the molecule is CCOC(=O)[C@@]1(O)C[C@@H](O)[C@H](O)[C@H](OC(=O)/C=C/c2ccc(O)c(OC)c2)C1. The predicted octanol–water partition coefficient (Wildman–Crippen LogP) is 0.136. The fraction of sp³-hybridized carbons (Fsp3) is 0.474. The molecule has 0 unspecified atom stereocenters. The summed E-state index contributed by atoms with van der Waals surface area (Å²) in [5.41, 5.74) is -1.52. The summed E-state index contributed by atoms with van der Waals surface area (Å²) in [7, 11) is 1.39. The van der Waals surface area contributed by atoms with Gasteiger partial charge in [0.2, 0.25) is 0 Å². The lowest BCUT2D eigenvalue weighted by Gasteiger charge is -2.39. The highest BCUT2D eigenvalue weighted by atomic mass is 16.6. The molecule has 4 N–H and O–H groups in total. The highest BCUT2D eigenvalue weighted by Crippen LogP contribution is 2.32. The van der Waals surface area contributed by atoms with E-state index in [2.05, 4.69) is 0 Å². The van der Waals surface area contributed by atoms with Crippen LogP contribution in [0, 0.1) is 0 Å². The van der Waals surface area contributed by atoms with Crippen LogP contribution < -0.4 is 4.74 Å². The minimum Gasteiger partial charge on any atom is -0.504 e. The molecule has 2 rings (SSSR count).